The van der Waals surface area contributed by atoms with Crippen molar-refractivity contribution in [2.75, 3.05) is 31.2 Å². The van der Waals surface area contributed by atoms with Crippen LogP contribution >= 0.6 is 15.4 Å². The molecule has 56 heavy (non-hydrogen) atoms. The van der Waals surface area contributed by atoms with E-state index in [1.807, 2.05) is 0 Å². The van der Waals surface area contributed by atoms with E-state index in [2.05, 4.69) is 24.5 Å². The Hall–Kier alpha value is -4.14. The van der Waals surface area contributed by atoms with Crippen LogP contribution in [0.3, 0.4) is 0 Å². The van der Waals surface area contributed by atoms with Crippen LogP contribution in [-0.4, -0.2) is 123 Å². The fourth-order valence-corrected chi connectivity index (χ4v) is 7.80. The summed E-state index contributed by atoms with van der Waals surface area (Å²) in [7, 11) is -10.1. The quantitative estimate of drug-likeness (QED) is 0.0465. The molecule has 0 aliphatic carbocycles. The zero-order valence-electron chi connectivity index (χ0n) is 28.7. The monoisotopic (exact) mass is 844 g/mol. The molecule has 9 atom stereocenters. The summed E-state index contributed by atoms with van der Waals surface area (Å²) in [5, 5.41) is 13.1. The number of nitrogens with zero attached hydrogens (tertiary/aromatic N) is 6. The van der Waals surface area contributed by atoms with Crippen LogP contribution in [0.25, 0.3) is 11.2 Å². The summed E-state index contributed by atoms with van der Waals surface area (Å²) in [5.74, 6) is -3.41. The maximum Gasteiger partial charge on any atom is 0.471 e. The van der Waals surface area contributed by atoms with Crippen LogP contribution < -0.4 is 28.2 Å². The molecule has 0 spiro atoms. The van der Waals surface area contributed by atoms with E-state index in [1.54, 1.807) is 5.32 Å². The van der Waals surface area contributed by atoms with Gasteiger partial charge in [0.05, 0.1) is 31.3 Å². The number of phosphoric acid groups is 1. The first kappa shape index (κ1) is 43.0. The molecule has 0 aromatic carbocycles. The van der Waals surface area contributed by atoms with E-state index in [0.717, 1.165) is 10.9 Å². The average molecular weight is 845 g/mol. The molecule has 1 unspecified atom stereocenters. The third-order valence-electron chi connectivity index (χ3n) is 8.63. The van der Waals surface area contributed by atoms with Crippen molar-refractivity contribution in [3.63, 3.8) is 0 Å². The molecule has 2 saturated heterocycles. The Morgan fingerprint density at radius 1 is 1.05 bits per heavy atom. The first-order chi connectivity index (χ1) is 26.2. The highest BCUT2D eigenvalue weighted by molar-refractivity contribution is 7.53. The van der Waals surface area contributed by atoms with Gasteiger partial charge in [0.2, 0.25) is 0 Å². The molecule has 2 aliphatic rings. The van der Waals surface area contributed by atoms with Crippen LogP contribution in [0.1, 0.15) is 38.1 Å². The summed E-state index contributed by atoms with van der Waals surface area (Å²) >= 11 is 0. The van der Waals surface area contributed by atoms with Crippen molar-refractivity contribution in [3.05, 3.63) is 35.4 Å². The van der Waals surface area contributed by atoms with E-state index in [1.165, 1.54) is 23.2 Å². The number of amides is 1. The van der Waals surface area contributed by atoms with Crippen LogP contribution in [0.5, 0.6) is 0 Å². The third kappa shape index (κ3) is 10.2. The lowest BCUT2D eigenvalue weighted by Gasteiger charge is -2.26. The van der Waals surface area contributed by atoms with Gasteiger partial charge in [0.15, 0.2) is 23.8 Å². The molecule has 0 bridgehead atoms. The average Bonchev–Trinajstić information content (AvgIpc) is 3.82. The van der Waals surface area contributed by atoms with E-state index < -0.39 is 107 Å². The van der Waals surface area contributed by atoms with Crippen molar-refractivity contribution in [1.82, 2.24) is 34.4 Å². The van der Waals surface area contributed by atoms with Crippen molar-refractivity contribution in [2.45, 2.75) is 80.4 Å². The predicted octanol–water partition coefficient (Wildman–Crippen LogP) is -1.44. The van der Waals surface area contributed by atoms with Gasteiger partial charge in [0, 0.05) is 19.2 Å². The van der Waals surface area contributed by atoms with E-state index in [4.69, 9.17) is 35.9 Å². The van der Waals surface area contributed by atoms with Crippen molar-refractivity contribution >= 4 is 50.1 Å². The number of unbranched alkanes of at least 4 members (excludes halogenated alkanes) is 1. The van der Waals surface area contributed by atoms with Gasteiger partial charge in [-0.05, 0) is 25.3 Å². The lowest BCUT2D eigenvalue weighted by molar-refractivity contribution is -0.173. The fraction of sp³-hybridized carbons (Fsp3) is 0.593. The van der Waals surface area contributed by atoms with Gasteiger partial charge in [-0.3, -0.25) is 27.8 Å². The van der Waals surface area contributed by atoms with Crippen LogP contribution in [0.15, 0.2) is 29.7 Å². The first-order valence-corrected chi connectivity index (χ1v) is 19.6. The molecule has 310 valence electrons. The van der Waals surface area contributed by atoms with Gasteiger partial charge >= 0.3 is 39.2 Å². The molecule has 29 heteroatoms. The molecule has 2 fully saturated rings. The van der Waals surface area contributed by atoms with Crippen molar-refractivity contribution in [3.8, 4) is 0 Å². The highest BCUT2D eigenvalue weighted by Gasteiger charge is 2.52. The lowest BCUT2D eigenvalue weighted by atomic mass is 10.1. The number of rotatable bonds is 16. The van der Waals surface area contributed by atoms with Gasteiger partial charge in [0.25, 0.3) is 0 Å². The molecule has 0 saturated carbocycles. The number of ether oxygens (including phenoxy) is 3. The number of phosphoric ester groups is 1. The number of carbonyl (C=O) groups is 2. The second-order valence-electron chi connectivity index (χ2n) is 12.5. The van der Waals surface area contributed by atoms with E-state index >= 15 is 0 Å². The Labute approximate surface area is 312 Å². The molecule has 3 aromatic heterocycles. The number of nitrogens with one attached hydrogen (secondary N) is 1. The minimum Gasteiger partial charge on any atom is -0.455 e. The Balaban J connectivity index is 1.32. The molecule has 0 radical (unpaired) electrons. The Morgan fingerprint density at radius 2 is 1.77 bits per heavy atom. The molecule has 24 nitrogen and oxygen atoms in total. The summed E-state index contributed by atoms with van der Waals surface area (Å²) in [6.07, 6.45) is -11.3. The number of hydrogen-bond acceptors (Lipinski definition) is 18. The number of imidazole rings is 1. The number of aromatic nitrogens is 6. The van der Waals surface area contributed by atoms with Gasteiger partial charge in [-0.2, -0.15) is 18.2 Å². The van der Waals surface area contributed by atoms with Crippen LogP contribution in [0.4, 0.5) is 24.8 Å². The molecule has 11 N–H and O–H groups in total. The molecular formula is C27H37F3N10O14P2. The molecule has 3 aromatic rings. The van der Waals surface area contributed by atoms with Crippen molar-refractivity contribution < 1.29 is 74.9 Å². The van der Waals surface area contributed by atoms with Gasteiger partial charge < -0.3 is 61.0 Å². The summed E-state index contributed by atoms with van der Waals surface area (Å²) in [5.41, 5.74) is 15.0. The zero-order chi connectivity index (χ0) is 41.2. The summed E-state index contributed by atoms with van der Waals surface area (Å²) < 4.78 is 91.8. The second kappa shape index (κ2) is 17.2. The molecular weight excluding hydrogens is 807 g/mol. The topological polar surface area (TPSA) is 364 Å². The maximum atomic E-state index is 13.8. The number of nitrogen functional groups attached to an aromatic ring is 2. The van der Waals surface area contributed by atoms with Crippen LogP contribution in [-0.2, 0) is 42.0 Å². The second-order valence-corrected chi connectivity index (χ2v) is 15.8. The highest BCUT2D eigenvalue weighted by atomic mass is 31.2. The Bertz CT molecular complexity index is 2050. The first-order valence-electron chi connectivity index (χ1n) is 16.4. The zero-order valence-corrected chi connectivity index (χ0v) is 30.5. The van der Waals surface area contributed by atoms with Gasteiger partial charge in [-0.1, -0.05) is 0 Å². The van der Waals surface area contributed by atoms with Crippen LogP contribution in [0, 0.1) is 0 Å². The predicted molar refractivity (Wildman–Crippen MR) is 179 cm³/mol. The minimum atomic E-state index is -5.13. The van der Waals surface area contributed by atoms with Crippen molar-refractivity contribution in [2.24, 2.45) is 5.73 Å². The molecule has 1 amide bonds. The summed E-state index contributed by atoms with van der Waals surface area (Å²) in [6, 6.07) is -0.150. The number of halogens is 3. The number of aliphatic hydroxyl groups is 1. The molecule has 5 heterocycles. The lowest BCUT2D eigenvalue weighted by Crippen LogP contribution is -2.43. The number of anilines is 2. The Kier molecular flexibility index (Phi) is 13.2. The van der Waals surface area contributed by atoms with E-state index in [-0.39, 0.29) is 48.6 Å². The number of esters is 1. The number of nitrogens with two attached hydrogens (primary N) is 3. The maximum absolute atomic E-state index is 13.8. The van der Waals surface area contributed by atoms with E-state index in [0.29, 0.717) is 0 Å². The minimum absolute atomic E-state index is 0.0103. The van der Waals surface area contributed by atoms with Gasteiger partial charge in [-0.15, -0.1) is 0 Å². The molecule has 2 aliphatic heterocycles. The van der Waals surface area contributed by atoms with Gasteiger partial charge in [0.1, 0.15) is 42.1 Å². The highest BCUT2D eigenvalue weighted by Crippen LogP contribution is 2.56. The Morgan fingerprint density at radius 3 is 2.45 bits per heavy atom. The van der Waals surface area contributed by atoms with Gasteiger partial charge in [-0.25, -0.2) is 24.3 Å². The van der Waals surface area contributed by atoms with Crippen molar-refractivity contribution in [1.29, 1.82) is 0 Å². The number of alkyl halides is 3. The number of carbonyl (C=O) groups excluding carboxylic acids is 2. The number of hydrogen-bond donors (Lipinski definition) is 8. The largest absolute Gasteiger partial charge is 0.471 e. The number of fused-ring (bicyclic) bond motifs is 1. The summed E-state index contributed by atoms with van der Waals surface area (Å²) in [4.78, 5) is 81.9. The fourth-order valence-electron chi connectivity index (χ4n) is 5.89. The van der Waals surface area contributed by atoms with E-state index in [9.17, 15) is 56.5 Å². The molecule has 5 rings (SSSR count). The normalized spacial score (nSPS) is 25.9. The smallest absolute Gasteiger partial charge is 0.455 e. The SMILES string of the molecule is Nc1ccn([C@H]2C[C@H](P(=O)(O)OC[C@H]3O[C@@H](n4cnc5c(N)ncnc54)[C@H](O)[C@@H]3OC(=O)[C@@H](N)CCCCNC(=O)C(F)(F)F)[C@@H](COP(=O)(O)O)O2)c(=O)n1. The standard InChI is InChI=1S/C27H37F3N10O14P2/c28-27(29,30)25(43)34-5-2-1-3-12(31)24(42)54-20-14(53-23(19(20)41)40-11-37-18-21(33)35-10-36-22(18)40)9-50-55(45,46)15-7-17(39-6-4-16(32)38-26(39)44)52-13(15)8-51-56(47,48)49/h4,6,10-15,17,19-20,23,41H,1-3,5,7-9,31H2,(H,34,43)(H,45,46)(H2,32,38,44)(H2,33,35,36)(H2,47,48,49)/t12-,13+,14+,15-,17+,19+,20+,23+/m0/s1. The number of aliphatic hydroxyl groups excluding tert-OH is 1. The third-order valence-corrected chi connectivity index (χ3v) is 11.0. The van der Waals surface area contributed by atoms with Crippen LogP contribution in [0.2, 0.25) is 0 Å². The summed E-state index contributed by atoms with van der Waals surface area (Å²) in [6.45, 7) is -2.17.